The predicted molar refractivity (Wildman–Crippen MR) is 145 cm³/mol. The highest BCUT2D eigenvalue weighted by Crippen LogP contribution is 2.20. The van der Waals surface area contributed by atoms with Crippen molar-refractivity contribution < 1.29 is 0 Å². The molecule has 0 spiro atoms. The molecule has 0 saturated heterocycles. The van der Waals surface area contributed by atoms with E-state index in [1.807, 2.05) is 36.4 Å². The number of hydrogen-bond donors (Lipinski definition) is 0. The number of nitrogens with zero attached hydrogens (tertiary/aromatic N) is 6. The quantitative estimate of drug-likeness (QED) is 0.251. The molecular formula is C31H30N6. The summed E-state index contributed by atoms with van der Waals surface area (Å²) in [6, 6.07) is 33.4. The lowest BCUT2D eigenvalue weighted by Gasteiger charge is -2.31. The lowest BCUT2D eigenvalue weighted by Crippen LogP contribution is -2.36. The van der Waals surface area contributed by atoms with Crippen molar-refractivity contribution in [2.45, 2.75) is 45.4 Å². The topological polar surface area (TPSA) is 70.6 Å². The number of fused-ring (bicyclic) bond motifs is 1. The minimum absolute atomic E-state index is 0.315. The van der Waals surface area contributed by atoms with Crippen molar-refractivity contribution in [2.24, 2.45) is 0 Å². The van der Waals surface area contributed by atoms with E-state index >= 15 is 0 Å². The lowest BCUT2D eigenvalue weighted by atomic mass is 10.0. The maximum atomic E-state index is 9.10. The van der Waals surface area contributed by atoms with E-state index in [0.717, 1.165) is 47.4 Å². The molecule has 1 atom stereocenters. The Balaban J connectivity index is 1.42. The van der Waals surface area contributed by atoms with Crippen LogP contribution in [-0.4, -0.2) is 30.7 Å². The zero-order valence-corrected chi connectivity index (χ0v) is 21.0. The minimum atomic E-state index is 0.315. The van der Waals surface area contributed by atoms with Crippen molar-refractivity contribution >= 4 is 10.9 Å². The van der Waals surface area contributed by atoms with E-state index in [1.165, 1.54) is 5.56 Å². The Bertz CT molecular complexity index is 1480. The van der Waals surface area contributed by atoms with Crippen LogP contribution >= 0.6 is 0 Å². The Kier molecular flexibility index (Phi) is 7.63. The number of pyridine rings is 1. The average molecular weight is 487 g/mol. The standard InChI is InChI=1S/C31H30N6/c1-2-29(18-24-8-4-3-5-9-24)36(21-28-17-16-27-10-6-7-11-30(27)34-28)22-31-35-33-23-37(31)20-26-14-12-25(19-32)13-15-26/h3-17,23,29H,2,18,20-22H2,1H3. The highest BCUT2D eigenvalue weighted by Gasteiger charge is 2.21. The Morgan fingerprint density at radius 1 is 0.865 bits per heavy atom. The summed E-state index contributed by atoms with van der Waals surface area (Å²) in [6.45, 7) is 4.29. The summed E-state index contributed by atoms with van der Waals surface area (Å²) in [5.41, 5.74) is 5.15. The normalized spacial score (nSPS) is 12.0. The monoisotopic (exact) mass is 486 g/mol. The van der Waals surface area contributed by atoms with E-state index in [1.54, 1.807) is 6.33 Å². The molecule has 184 valence electrons. The molecule has 5 rings (SSSR count). The number of aromatic nitrogens is 4. The van der Waals surface area contributed by atoms with Gasteiger partial charge in [0.15, 0.2) is 0 Å². The Labute approximate surface area is 217 Å². The molecule has 2 aromatic heterocycles. The molecule has 0 fully saturated rings. The van der Waals surface area contributed by atoms with Gasteiger partial charge in [0.2, 0.25) is 0 Å². The molecule has 6 nitrogen and oxygen atoms in total. The maximum absolute atomic E-state index is 9.10. The first-order valence-corrected chi connectivity index (χ1v) is 12.7. The molecule has 0 amide bonds. The first kappa shape index (κ1) is 24.4. The minimum Gasteiger partial charge on any atom is -0.312 e. The van der Waals surface area contributed by atoms with Crippen LogP contribution in [-0.2, 0) is 26.1 Å². The first-order valence-electron chi connectivity index (χ1n) is 12.7. The van der Waals surface area contributed by atoms with Crippen LogP contribution in [0.3, 0.4) is 0 Å². The Hall–Kier alpha value is -4.34. The number of benzene rings is 3. The van der Waals surface area contributed by atoms with Gasteiger partial charge in [-0.25, -0.2) is 0 Å². The molecule has 5 aromatic rings. The fourth-order valence-corrected chi connectivity index (χ4v) is 4.73. The molecule has 0 saturated carbocycles. The van der Waals surface area contributed by atoms with Crippen LogP contribution in [0.4, 0.5) is 0 Å². The molecule has 0 aliphatic carbocycles. The van der Waals surface area contributed by atoms with E-state index in [9.17, 15) is 0 Å². The van der Waals surface area contributed by atoms with Gasteiger partial charge in [-0.15, -0.1) is 10.2 Å². The number of nitriles is 1. The molecule has 3 aromatic carbocycles. The third kappa shape index (κ3) is 6.08. The molecule has 0 radical (unpaired) electrons. The van der Waals surface area contributed by atoms with Crippen molar-refractivity contribution in [3.05, 3.63) is 126 Å². The SMILES string of the molecule is CCC(Cc1ccccc1)N(Cc1ccc2ccccc2n1)Cc1nncn1Cc1ccc(C#N)cc1. The highest BCUT2D eigenvalue weighted by molar-refractivity contribution is 5.78. The lowest BCUT2D eigenvalue weighted by molar-refractivity contribution is 0.163. The summed E-state index contributed by atoms with van der Waals surface area (Å²) in [5.74, 6) is 0.914. The van der Waals surface area contributed by atoms with Crippen LogP contribution in [0.2, 0.25) is 0 Å². The van der Waals surface area contributed by atoms with Gasteiger partial charge in [-0.1, -0.05) is 73.7 Å². The van der Waals surface area contributed by atoms with Crippen LogP contribution in [0, 0.1) is 11.3 Å². The second kappa shape index (κ2) is 11.6. The number of para-hydroxylation sites is 1. The smallest absolute Gasteiger partial charge is 0.147 e. The van der Waals surface area contributed by atoms with Crippen LogP contribution in [0.15, 0.2) is 97.3 Å². The summed E-state index contributed by atoms with van der Waals surface area (Å²) in [4.78, 5) is 7.44. The average Bonchev–Trinajstić information content (AvgIpc) is 3.38. The molecule has 0 aliphatic rings. The summed E-state index contributed by atoms with van der Waals surface area (Å²) >= 11 is 0. The fourth-order valence-electron chi connectivity index (χ4n) is 4.73. The van der Waals surface area contributed by atoms with Gasteiger partial charge in [-0.05, 0) is 48.2 Å². The molecule has 1 unspecified atom stereocenters. The molecule has 0 N–H and O–H groups in total. The van der Waals surface area contributed by atoms with Gasteiger partial charge in [-0.3, -0.25) is 9.88 Å². The van der Waals surface area contributed by atoms with E-state index < -0.39 is 0 Å². The van der Waals surface area contributed by atoms with Crippen LogP contribution in [0.1, 0.15) is 41.6 Å². The van der Waals surface area contributed by atoms with Gasteiger partial charge >= 0.3 is 0 Å². The van der Waals surface area contributed by atoms with Crippen LogP contribution in [0.5, 0.6) is 0 Å². The van der Waals surface area contributed by atoms with Gasteiger partial charge in [-0.2, -0.15) is 5.26 Å². The second-order valence-corrected chi connectivity index (χ2v) is 9.34. The number of hydrogen-bond acceptors (Lipinski definition) is 5. The highest BCUT2D eigenvalue weighted by atomic mass is 15.3. The zero-order chi connectivity index (χ0) is 25.5. The third-order valence-corrected chi connectivity index (χ3v) is 6.80. The molecule has 0 bridgehead atoms. The van der Waals surface area contributed by atoms with Crippen molar-refractivity contribution in [1.82, 2.24) is 24.6 Å². The van der Waals surface area contributed by atoms with Crippen molar-refractivity contribution in [2.75, 3.05) is 0 Å². The van der Waals surface area contributed by atoms with E-state index in [2.05, 4.69) is 87.3 Å². The fraction of sp³-hybridized carbons (Fsp3) is 0.226. The van der Waals surface area contributed by atoms with Crippen molar-refractivity contribution in [3.63, 3.8) is 0 Å². The molecule has 6 heteroatoms. The van der Waals surface area contributed by atoms with E-state index in [-0.39, 0.29) is 0 Å². The van der Waals surface area contributed by atoms with E-state index in [4.69, 9.17) is 10.2 Å². The first-order chi connectivity index (χ1) is 18.2. The summed E-state index contributed by atoms with van der Waals surface area (Å²) in [7, 11) is 0. The van der Waals surface area contributed by atoms with Gasteiger partial charge in [0.05, 0.1) is 35.9 Å². The van der Waals surface area contributed by atoms with Gasteiger partial charge in [0, 0.05) is 18.0 Å². The second-order valence-electron chi connectivity index (χ2n) is 9.34. The largest absolute Gasteiger partial charge is 0.312 e. The Morgan fingerprint density at radius 3 is 2.43 bits per heavy atom. The molecular weight excluding hydrogens is 456 g/mol. The van der Waals surface area contributed by atoms with Gasteiger partial charge < -0.3 is 4.57 Å². The Morgan fingerprint density at radius 2 is 1.65 bits per heavy atom. The maximum Gasteiger partial charge on any atom is 0.147 e. The number of rotatable bonds is 10. The van der Waals surface area contributed by atoms with Gasteiger partial charge in [0.25, 0.3) is 0 Å². The zero-order valence-electron chi connectivity index (χ0n) is 21.0. The molecule has 37 heavy (non-hydrogen) atoms. The summed E-state index contributed by atoms with van der Waals surface area (Å²) in [5, 5.41) is 19.0. The van der Waals surface area contributed by atoms with Crippen LogP contribution in [0.25, 0.3) is 10.9 Å². The van der Waals surface area contributed by atoms with Crippen molar-refractivity contribution in [1.29, 1.82) is 5.26 Å². The molecule has 2 heterocycles. The summed E-state index contributed by atoms with van der Waals surface area (Å²) < 4.78 is 2.09. The molecule has 0 aliphatic heterocycles. The van der Waals surface area contributed by atoms with Gasteiger partial charge in [0.1, 0.15) is 12.2 Å². The van der Waals surface area contributed by atoms with E-state index in [0.29, 0.717) is 24.7 Å². The third-order valence-electron chi connectivity index (χ3n) is 6.80. The predicted octanol–water partition coefficient (Wildman–Crippen LogP) is 5.77. The summed E-state index contributed by atoms with van der Waals surface area (Å²) in [6.07, 6.45) is 3.75. The van der Waals surface area contributed by atoms with Crippen molar-refractivity contribution in [3.8, 4) is 6.07 Å². The van der Waals surface area contributed by atoms with Crippen LogP contribution < -0.4 is 0 Å².